The second-order valence-electron chi connectivity index (χ2n) is 3.39. The lowest BCUT2D eigenvalue weighted by Crippen LogP contribution is -2.10. The van der Waals surface area contributed by atoms with E-state index in [4.69, 9.17) is 15.0 Å². The molecule has 2 atom stereocenters. The van der Waals surface area contributed by atoms with Crippen LogP contribution in [0.4, 0.5) is 0 Å². The average molecular weight is 215 g/mol. The summed E-state index contributed by atoms with van der Waals surface area (Å²) in [7, 11) is 1.62. The highest BCUT2D eigenvalue weighted by molar-refractivity contribution is 4.91. The fourth-order valence-electron chi connectivity index (χ4n) is 1.11. The molecule has 0 saturated heterocycles. The Morgan fingerprint density at radius 1 is 1.60 bits per heavy atom. The number of rotatable bonds is 6. The first-order chi connectivity index (χ1) is 7.17. The predicted molar refractivity (Wildman–Crippen MR) is 53.1 cm³/mol. The zero-order valence-corrected chi connectivity index (χ0v) is 9.01. The van der Waals surface area contributed by atoms with E-state index in [1.165, 1.54) is 0 Å². The number of hydrogen-bond acceptors (Lipinski definition) is 6. The van der Waals surface area contributed by atoms with Crippen molar-refractivity contribution in [2.24, 2.45) is 5.73 Å². The maximum absolute atomic E-state index is 9.52. The minimum absolute atomic E-state index is 0.0297. The Morgan fingerprint density at radius 2 is 2.33 bits per heavy atom. The molecule has 6 nitrogen and oxygen atoms in total. The van der Waals surface area contributed by atoms with Crippen LogP contribution < -0.4 is 5.73 Å². The summed E-state index contributed by atoms with van der Waals surface area (Å²) in [5.74, 6) is 0.758. The summed E-state index contributed by atoms with van der Waals surface area (Å²) in [5.41, 5.74) is 5.31. The van der Waals surface area contributed by atoms with Crippen LogP contribution in [0, 0.1) is 0 Å². The minimum atomic E-state index is -0.769. The molecule has 86 valence electrons. The number of ether oxygens (including phenoxy) is 1. The number of nitrogens with two attached hydrogens (primary N) is 1. The average Bonchev–Trinajstić information content (AvgIpc) is 2.66. The minimum Gasteiger partial charge on any atom is -0.383 e. The molecule has 2 unspecified atom stereocenters. The molecule has 0 aromatic carbocycles. The highest BCUT2D eigenvalue weighted by atomic mass is 16.5. The van der Waals surface area contributed by atoms with Crippen molar-refractivity contribution in [3.05, 3.63) is 11.7 Å². The summed E-state index contributed by atoms with van der Waals surface area (Å²) in [5, 5.41) is 13.3. The van der Waals surface area contributed by atoms with E-state index in [2.05, 4.69) is 10.1 Å². The molecule has 6 heteroatoms. The summed E-state index contributed by atoms with van der Waals surface area (Å²) in [6.07, 6.45) is 0.243. The Hall–Kier alpha value is -0.980. The molecule has 1 heterocycles. The van der Waals surface area contributed by atoms with E-state index in [1.54, 1.807) is 7.11 Å². The van der Waals surface area contributed by atoms with E-state index in [0.29, 0.717) is 25.2 Å². The molecule has 3 N–H and O–H groups in total. The molecule has 1 rings (SSSR count). The van der Waals surface area contributed by atoms with Gasteiger partial charge in [0.1, 0.15) is 6.10 Å². The summed E-state index contributed by atoms with van der Waals surface area (Å²) in [6, 6.07) is 0. The molecule has 15 heavy (non-hydrogen) atoms. The lowest BCUT2D eigenvalue weighted by atomic mass is 10.2. The third kappa shape index (κ3) is 3.58. The van der Waals surface area contributed by atoms with Crippen molar-refractivity contribution in [3.63, 3.8) is 0 Å². The van der Waals surface area contributed by atoms with Crippen molar-refractivity contribution in [2.75, 3.05) is 13.7 Å². The molecular weight excluding hydrogens is 198 g/mol. The number of aromatic nitrogens is 2. The van der Waals surface area contributed by atoms with Crippen molar-refractivity contribution >= 4 is 0 Å². The van der Waals surface area contributed by atoms with Gasteiger partial charge in [-0.2, -0.15) is 4.98 Å². The van der Waals surface area contributed by atoms with E-state index in [0.717, 1.165) is 0 Å². The van der Waals surface area contributed by atoms with Crippen molar-refractivity contribution in [1.82, 2.24) is 10.1 Å². The van der Waals surface area contributed by atoms with Crippen LogP contribution in [0.3, 0.4) is 0 Å². The molecule has 1 aromatic heterocycles. The fourth-order valence-corrected chi connectivity index (χ4v) is 1.11. The molecular formula is C9H17N3O3. The van der Waals surface area contributed by atoms with Crippen LogP contribution in [0.2, 0.25) is 0 Å². The SMILES string of the molecule is COC(C)Cc1noc(C(O)CCN)n1. The normalized spacial score (nSPS) is 15.2. The Kier molecular flexibility index (Phi) is 4.67. The second kappa shape index (κ2) is 5.79. The number of nitrogens with zero attached hydrogens (tertiary/aromatic N) is 2. The first-order valence-corrected chi connectivity index (χ1v) is 4.90. The molecule has 1 aromatic rings. The maximum Gasteiger partial charge on any atom is 0.255 e. The third-order valence-corrected chi connectivity index (χ3v) is 2.08. The van der Waals surface area contributed by atoms with Crippen LogP contribution in [-0.4, -0.2) is 35.0 Å². The van der Waals surface area contributed by atoms with E-state index in [1.807, 2.05) is 6.92 Å². The molecule has 0 aliphatic carbocycles. The third-order valence-electron chi connectivity index (χ3n) is 2.08. The van der Waals surface area contributed by atoms with Crippen LogP contribution >= 0.6 is 0 Å². The molecule has 0 bridgehead atoms. The van der Waals surface area contributed by atoms with Crippen LogP contribution in [0.25, 0.3) is 0 Å². The van der Waals surface area contributed by atoms with Crippen molar-refractivity contribution in [1.29, 1.82) is 0 Å². The molecule has 0 saturated carbocycles. The monoisotopic (exact) mass is 215 g/mol. The summed E-state index contributed by atoms with van der Waals surface area (Å²) < 4.78 is 9.97. The van der Waals surface area contributed by atoms with Gasteiger partial charge in [0.2, 0.25) is 0 Å². The lowest BCUT2D eigenvalue weighted by Gasteiger charge is -2.04. The van der Waals surface area contributed by atoms with Gasteiger partial charge in [-0.15, -0.1) is 0 Å². The number of aliphatic hydroxyl groups excluding tert-OH is 1. The summed E-state index contributed by atoms with van der Waals surface area (Å²) >= 11 is 0. The largest absolute Gasteiger partial charge is 0.383 e. The molecule has 0 fully saturated rings. The Balaban J connectivity index is 2.55. The van der Waals surface area contributed by atoms with E-state index in [-0.39, 0.29) is 12.0 Å². The Bertz CT molecular complexity index is 290. The highest BCUT2D eigenvalue weighted by Crippen LogP contribution is 2.13. The van der Waals surface area contributed by atoms with Gasteiger partial charge in [0.05, 0.1) is 6.10 Å². The van der Waals surface area contributed by atoms with Gasteiger partial charge in [0, 0.05) is 13.5 Å². The van der Waals surface area contributed by atoms with Crippen LogP contribution in [0.1, 0.15) is 31.2 Å². The number of hydrogen-bond donors (Lipinski definition) is 2. The Labute approximate surface area is 88.4 Å². The van der Waals surface area contributed by atoms with Crippen molar-refractivity contribution in [2.45, 2.75) is 32.0 Å². The molecule has 0 amide bonds. The lowest BCUT2D eigenvalue weighted by molar-refractivity contribution is 0.116. The molecule has 0 radical (unpaired) electrons. The van der Waals surface area contributed by atoms with Gasteiger partial charge in [-0.1, -0.05) is 5.16 Å². The number of methoxy groups -OCH3 is 1. The number of aliphatic hydroxyl groups is 1. The maximum atomic E-state index is 9.52. The van der Waals surface area contributed by atoms with Gasteiger partial charge in [-0.3, -0.25) is 0 Å². The zero-order valence-electron chi connectivity index (χ0n) is 9.01. The van der Waals surface area contributed by atoms with Crippen LogP contribution in [-0.2, 0) is 11.2 Å². The van der Waals surface area contributed by atoms with Crippen molar-refractivity contribution in [3.8, 4) is 0 Å². The van der Waals surface area contributed by atoms with E-state index >= 15 is 0 Å². The molecule has 0 aliphatic rings. The van der Waals surface area contributed by atoms with E-state index in [9.17, 15) is 5.11 Å². The van der Waals surface area contributed by atoms with Crippen LogP contribution in [0.5, 0.6) is 0 Å². The van der Waals surface area contributed by atoms with Gasteiger partial charge < -0.3 is 20.1 Å². The second-order valence-corrected chi connectivity index (χ2v) is 3.39. The predicted octanol–water partition coefficient (Wildman–Crippen LogP) is 0.0292. The quantitative estimate of drug-likeness (QED) is 0.695. The smallest absolute Gasteiger partial charge is 0.255 e. The summed E-state index contributed by atoms with van der Waals surface area (Å²) in [4.78, 5) is 4.05. The fraction of sp³-hybridized carbons (Fsp3) is 0.778. The van der Waals surface area contributed by atoms with Gasteiger partial charge in [-0.05, 0) is 19.9 Å². The van der Waals surface area contributed by atoms with Gasteiger partial charge in [-0.25, -0.2) is 0 Å². The van der Waals surface area contributed by atoms with Crippen molar-refractivity contribution < 1.29 is 14.4 Å². The van der Waals surface area contributed by atoms with E-state index < -0.39 is 6.10 Å². The first-order valence-electron chi connectivity index (χ1n) is 4.90. The summed E-state index contributed by atoms with van der Waals surface area (Å²) in [6.45, 7) is 2.29. The zero-order chi connectivity index (χ0) is 11.3. The topological polar surface area (TPSA) is 94.4 Å². The van der Waals surface area contributed by atoms with Gasteiger partial charge in [0.25, 0.3) is 5.89 Å². The van der Waals surface area contributed by atoms with Gasteiger partial charge in [0.15, 0.2) is 5.82 Å². The first kappa shape index (κ1) is 12.1. The molecule has 0 spiro atoms. The van der Waals surface area contributed by atoms with Crippen LogP contribution in [0.15, 0.2) is 4.52 Å². The highest BCUT2D eigenvalue weighted by Gasteiger charge is 2.16. The van der Waals surface area contributed by atoms with Gasteiger partial charge >= 0.3 is 0 Å². The Morgan fingerprint density at radius 3 is 2.93 bits per heavy atom. The molecule has 0 aliphatic heterocycles. The standard InChI is InChI=1S/C9H17N3O3/c1-6(14-2)5-8-11-9(15-12-8)7(13)3-4-10/h6-7,13H,3-5,10H2,1-2H3.